The van der Waals surface area contributed by atoms with Crippen molar-refractivity contribution in [2.75, 3.05) is 7.05 Å². The number of nitrogens with zero attached hydrogens (tertiary/aromatic N) is 3. The first-order valence-electron chi connectivity index (χ1n) is 5.56. The minimum atomic E-state index is -0.313. The first-order valence-corrected chi connectivity index (χ1v) is 5.56. The summed E-state index contributed by atoms with van der Waals surface area (Å²) < 4.78 is 1.59. The van der Waals surface area contributed by atoms with Gasteiger partial charge in [-0.15, -0.1) is 5.10 Å². The van der Waals surface area contributed by atoms with E-state index in [9.17, 15) is 4.79 Å². The maximum Gasteiger partial charge on any atom is 0.244 e. The zero-order chi connectivity index (χ0) is 11.5. The lowest BCUT2D eigenvalue weighted by atomic mass is 10.3. The number of nitrogens with one attached hydrogen (secondary N) is 2. The Balaban J connectivity index is 1.92. The van der Waals surface area contributed by atoms with Gasteiger partial charge >= 0.3 is 0 Å². The fraction of sp³-hybridized carbons (Fsp3) is 0.700. The van der Waals surface area contributed by atoms with Crippen LogP contribution in [0.1, 0.15) is 31.5 Å². The van der Waals surface area contributed by atoms with Gasteiger partial charge < -0.3 is 10.6 Å². The molecule has 0 aromatic carbocycles. The van der Waals surface area contributed by atoms with Gasteiger partial charge in [0.1, 0.15) is 6.04 Å². The minimum Gasteiger partial charge on any atom is -0.357 e. The van der Waals surface area contributed by atoms with Crippen molar-refractivity contribution in [1.29, 1.82) is 0 Å². The maximum absolute atomic E-state index is 11.4. The van der Waals surface area contributed by atoms with E-state index in [0.717, 1.165) is 12.2 Å². The topological polar surface area (TPSA) is 71.8 Å². The van der Waals surface area contributed by atoms with Crippen LogP contribution in [0.5, 0.6) is 0 Å². The molecule has 1 aliphatic rings. The molecule has 1 atom stereocenters. The summed E-state index contributed by atoms with van der Waals surface area (Å²) in [4.78, 5) is 11.4. The van der Waals surface area contributed by atoms with Crippen LogP contribution in [-0.2, 0) is 11.3 Å². The van der Waals surface area contributed by atoms with Crippen molar-refractivity contribution < 1.29 is 4.79 Å². The molecular weight excluding hydrogens is 206 g/mol. The molecule has 16 heavy (non-hydrogen) atoms. The van der Waals surface area contributed by atoms with Crippen molar-refractivity contribution in [3.63, 3.8) is 0 Å². The zero-order valence-electron chi connectivity index (χ0n) is 9.60. The van der Waals surface area contributed by atoms with Gasteiger partial charge in [0, 0.05) is 19.6 Å². The summed E-state index contributed by atoms with van der Waals surface area (Å²) in [5.41, 5.74) is 0.877. The molecular formula is C10H17N5O. The second kappa shape index (κ2) is 4.61. The SMILES string of the molecule is CNC(=O)C(C)n1cc(CNC2CC2)nn1. The smallest absolute Gasteiger partial charge is 0.244 e. The lowest BCUT2D eigenvalue weighted by molar-refractivity contribution is -0.123. The Morgan fingerprint density at radius 1 is 1.69 bits per heavy atom. The standard InChI is InChI=1S/C10H17N5O/c1-7(10(16)11-2)15-6-9(13-14-15)5-12-8-3-4-8/h6-8,12H,3-5H2,1-2H3,(H,11,16). The highest BCUT2D eigenvalue weighted by atomic mass is 16.2. The summed E-state index contributed by atoms with van der Waals surface area (Å²) in [5, 5.41) is 13.9. The molecule has 1 saturated carbocycles. The Hall–Kier alpha value is -1.43. The lowest BCUT2D eigenvalue weighted by Crippen LogP contribution is -2.28. The third-order valence-electron chi connectivity index (χ3n) is 2.73. The number of aromatic nitrogens is 3. The Kier molecular flexibility index (Phi) is 3.19. The van der Waals surface area contributed by atoms with Gasteiger partial charge in [0.2, 0.25) is 5.91 Å². The van der Waals surface area contributed by atoms with E-state index in [2.05, 4.69) is 20.9 Å². The molecule has 1 unspecified atom stereocenters. The van der Waals surface area contributed by atoms with Crippen LogP contribution < -0.4 is 10.6 Å². The molecule has 0 radical (unpaired) electrons. The second-order valence-corrected chi connectivity index (χ2v) is 4.14. The first-order chi connectivity index (χ1) is 7.70. The van der Waals surface area contributed by atoms with Crippen LogP contribution >= 0.6 is 0 Å². The molecule has 2 rings (SSSR count). The number of amides is 1. The highest BCUT2D eigenvalue weighted by molar-refractivity contribution is 5.79. The van der Waals surface area contributed by atoms with Crippen molar-refractivity contribution in [2.24, 2.45) is 0 Å². The molecule has 6 nitrogen and oxygen atoms in total. The summed E-state index contributed by atoms with van der Waals surface area (Å²) in [6, 6.07) is 0.341. The minimum absolute atomic E-state index is 0.0633. The van der Waals surface area contributed by atoms with Gasteiger partial charge in [-0.1, -0.05) is 5.21 Å². The van der Waals surface area contributed by atoms with E-state index < -0.39 is 0 Å². The molecule has 1 amide bonds. The molecule has 6 heteroatoms. The highest BCUT2D eigenvalue weighted by Crippen LogP contribution is 2.19. The van der Waals surface area contributed by atoms with E-state index in [0.29, 0.717) is 6.04 Å². The van der Waals surface area contributed by atoms with Crippen molar-refractivity contribution in [2.45, 2.75) is 38.4 Å². The third-order valence-corrected chi connectivity index (χ3v) is 2.73. The summed E-state index contributed by atoms with van der Waals surface area (Å²) in [6.45, 7) is 2.52. The Morgan fingerprint density at radius 2 is 2.44 bits per heavy atom. The number of hydrogen-bond donors (Lipinski definition) is 2. The van der Waals surface area contributed by atoms with Crippen molar-refractivity contribution >= 4 is 5.91 Å². The van der Waals surface area contributed by atoms with Crippen LogP contribution in [0.15, 0.2) is 6.20 Å². The molecule has 1 heterocycles. The van der Waals surface area contributed by atoms with Crippen LogP contribution in [0.4, 0.5) is 0 Å². The second-order valence-electron chi connectivity index (χ2n) is 4.14. The molecule has 1 aliphatic carbocycles. The number of carbonyl (C=O) groups excluding carboxylic acids is 1. The number of hydrogen-bond acceptors (Lipinski definition) is 4. The first kappa shape index (κ1) is 11.1. The average molecular weight is 223 g/mol. The molecule has 0 aliphatic heterocycles. The van der Waals surface area contributed by atoms with Crippen molar-refractivity contribution in [3.05, 3.63) is 11.9 Å². The Bertz CT molecular complexity index is 371. The van der Waals surface area contributed by atoms with E-state index in [1.807, 2.05) is 6.20 Å². The fourth-order valence-corrected chi connectivity index (χ4v) is 1.45. The molecule has 2 N–H and O–H groups in total. The van der Waals surface area contributed by atoms with Gasteiger partial charge in [0.25, 0.3) is 0 Å². The van der Waals surface area contributed by atoms with E-state index in [1.54, 1.807) is 18.7 Å². The molecule has 88 valence electrons. The molecule has 1 fully saturated rings. The monoisotopic (exact) mass is 223 g/mol. The summed E-state index contributed by atoms with van der Waals surface area (Å²) in [6.07, 6.45) is 4.32. The fourth-order valence-electron chi connectivity index (χ4n) is 1.45. The zero-order valence-corrected chi connectivity index (χ0v) is 9.60. The average Bonchev–Trinajstić information content (AvgIpc) is 3.02. The van der Waals surface area contributed by atoms with Gasteiger partial charge in [-0.3, -0.25) is 4.79 Å². The summed E-state index contributed by atoms with van der Waals surface area (Å²) >= 11 is 0. The molecule has 1 aromatic rings. The van der Waals surface area contributed by atoms with Crippen LogP contribution in [-0.4, -0.2) is 34.0 Å². The molecule has 0 saturated heterocycles. The molecule has 0 bridgehead atoms. The normalized spacial score (nSPS) is 17.1. The summed E-state index contributed by atoms with van der Waals surface area (Å²) in [7, 11) is 1.62. The van der Waals surface area contributed by atoms with Gasteiger partial charge in [0.15, 0.2) is 0 Å². The predicted molar refractivity (Wildman–Crippen MR) is 58.7 cm³/mol. The maximum atomic E-state index is 11.4. The quantitative estimate of drug-likeness (QED) is 0.727. The van der Waals surface area contributed by atoms with Gasteiger partial charge in [-0.25, -0.2) is 4.68 Å². The Labute approximate surface area is 94.4 Å². The van der Waals surface area contributed by atoms with E-state index in [-0.39, 0.29) is 11.9 Å². The highest BCUT2D eigenvalue weighted by Gasteiger charge is 2.21. The van der Waals surface area contributed by atoms with Crippen LogP contribution in [0.2, 0.25) is 0 Å². The number of likely N-dealkylation sites (N-methyl/N-ethyl adjacent to an activating group) is 1. The summed E-state index contributed by atoms with van der Waals surface area (Å²) in [5.74, 6) is -0.0633. The van der Waals surface area contributed by atoms with Crippen LogP contribution in [0.25, 0.3) is 0 Å². The largest absolute Gasteiger partial charge is 0.357 e. The van der Waals surface area contributed by atoms with E-state index >= 15 is 0 Å². The lowest BCUT2D eigenvalue weighted by Gasteiger charge is -2.08. The number of rotatable bonds is 5. The Morgan fingerprint density at radius 3 is 3.06 bits per heavy atom. The molecule has 1 aromatic heterocycles. The van der Waals surface area contributed by atoms with E-state index in [4.69, 9.17) is 0 Å². The van der Waals surface area contributed by atoms with Gasteiger partial charge in [-0.05, 0) is 19.8 Å². The van der Waals surface area contributed by atoms with Gasteiger partial charge in [-0.2, -0.15) is 0 Å². The van der Waals surface area contributed by atoms with Gasteiger partial charge in [0.05, 0.1) is 11.9 Å². The van der Waals surface area contributed by atoms with E-state index in [1.165, 1.54) is 12.8 Å². The predicted octanol–water partition coefficient (Wildman–Crippen LogP) is -0.163. The van der Waals surface area contributed by atoms with Crippen LogP contribution in [0, 0.1) is 0 Å². The third kappa shape index (κ3) is 2.57. The number of carbonyl (C=O) groups is 1. The van der Waals surface area contributed by atoms with Crippen LogP contribution in [0.3, 0.4) is 0 Å². The van der Waals surface area contributed by atoms with Crippen molar-refractivity contribution in [1.82, 2.24) is 25.6 Å². The van der Waals surface area contributed by atoms with Crippen molar-refractivity contribution in [3.8, 4) is 0 Å². The molecule has 0 spiro atoms.